The smallest absolute Gasteiger partial charge is 0.410 e. The highest BCUT2D eigenvalue weighted by Gasteiger charge is 2.27. The highest BCUT2D eigenvalue weighted by Crippen LogP contribution is 2.30. The van der Waals surface area contributed by atoms with Gasteiger partial charge in [0.15, 0.2) is 0 Å². The van der Waals surface area contributed by atoms with E-state index in [1.165, 1.54) is 7.11 Å². The second-order valence-corrected chi connectivity index (χ2v) is 8.23. The van der Waals surface area contributed by atoms with Crippen molar-refractivity contribution in [3.8, 4) is 0 Å². The Labute approximate surface area is 176 Å². The predicted molar refractivity (Wildman–Crippen MR) is 113 cm³/mol. The molecule has 1 fully saturated rings. The van der Waals surface area contributed by atoms with Crippen LogP contribution >= 0.6 is 0 Å². The second kappa shape index (κ2) is 8.91. The van der Waals surface area contributed by atoms with Crippen molar-refractivity contribution in [2.75, 3.05) is 51.9 Å². The minimum atomic E-state index is -0.513. The van der Waals surface area contributed by atoms with Gasteiger partial charge < -0.3 is 24.0 Å². The summed E-state index contributed by atoms with van der Waals surface area (Å²) < 4.78 is 17.3. The lowest BCUT2D eigenvalue weighted by Crippen LogP contribution is -2.50. The van der Waals surface area contributed by atoms with Gasteiger partial charge in [-0.2, -0.15) is 5.10 Å². The molecule has 2 heterocycles. The van der Waals surface area contributed by atoms with Crippen LogP contribution in [0, 0.1) is 0 Å². The van der Waals surface area contributed by atoms with Gasteiger partial charge in [-0.15, -0.1) is 0 Å². The molecule has 1 amide bonds. The maximum Gasteiger partial charge on any atom is 0.410 e. The monoisotopic (exact) mass is 418 g/mol. The highest BCUT2D eigenvalue weighted by molar-refractivity contribution is 6.06. The van der Waals surface area contributed by atoms with Gasteiger partial charge in [-0.25, -0.2) is 9.59 Å². The van der Waals surface area contributed by atoms with Crippen LogP contribution in [-0.4, -0.2) is 79.3 Å². The van der Waals surface area contributed by atoms with Crippen molar-refractivity contribution in [3.63, 3.8) is 0 Å². The van der Waals surface area contributed by atoms with Gasteiger partial charge in [0.25, 0.3) is 0 Å². The number of carbonyl (C=O) groups excluding carboxylic acids is 2. The van der Waals surface area contributed by atoms with E-state index < -0.39 is 11.6 Å². The SMILES string of the molecule is COCCn1cc2c(N3CCN(C(=O)OC(C)(C)C)CC3)ccc(C(=O)OC)c2n1. The van der Waals surface area contributed by atoms with E-state index >= 15 is 0 Å². The Kier molecular flexibility index (Phi) is 6.50. The van der Waals surface area contributed by atoms with Crippen molar-refractivity contribution in [1.29, 1.82) is 0 Å². The Balaban J connectivity index is 1.83. The van der Waals surface area contributed by atoms with E-state index in [2.05, 4.69) is 10.00 Å². The molecule has 9 heteroatoms. The molecule has 0 N–H and O–H groups in total. The fourth-order valence-corrected chi connectivity index (χ4v) is 3.44. The van der Waals surface area contributed by atoms with Crippen molar-refractivity contribution in [2.24, 2.45) is 0 Å². The van der Waals surface area contributed by atoms with Crippen LogP contribution in [0.15, 0.2) is 18.3 Å². The summed E-state index contributed by atoms with van der Waals surface area (Å²) in [4.78, 5) is 28.5. The van der Waals surface area contributed by atoms with Crippen LogP contribution in [0.5, 0.6) is 0 Å². The lowest BCUT2D eigenvalue weighted by molar-refractivity contribution is 0.0240. The molecule has 0 radical (unpaired) electrons. The third-order valence-electron chi connectivity index (χ3n) is 4.90. The van der Waals surface area contributed by atoms with Crippen molar-refractivity contribution in [1.82, 2.24) is 14.7 Å². The third-order valence-corrected chi connectivity index (χ3v) is 4.90. The fourth-order valence-electron chi connectivity index (χ4n) is 3.44. The summed E-state index contributed by atoms with van der Waals surface area (Å²) in [6.07, 6.45) is 1.64. The number of nitrogens with zero attached hydrogens (tertiary/aromatic N) is 4. The molecule has 1 aromatic heterocycles. The Morgan fingerprint density at radius 3 is 2.40 bits per heavy atom. The molecular formula is C21H30N4O5. The Morgan fingerprint density at radius 2 is 1.80 bits per heavy atom. The summed E-state index contributed by atoms with van der Waals surface area (Å²) in [5.41, 5.74) is 1.50. The van der Waals surface area contributed by atoms with Crippen LogP contribution in [0.4, 0.5) is 10.5 Å². The number of benzene rings is 1. The topological polar surface area (TPSA) is 86.1 Å². The second-order valence-electron chi connectivity index (χ2n) is 8.23. The maximum atomic E-state index is 12.3. The molecule has 0 atom stereocenters. The minimum absolute atomic E-state index is 0.291. The summed E-state index contributed by atoms with van der Waals surface area (Å²) in [5.74, 6) is -0.418. The van der Waals surface area contributed by atoms with Gasteiger partial charge in [0.1, 0.15) is 11.1 Å². The average Bonchev–Trinajstić information content (AvgIpc) is 3.14. The van der Waals surface area contributed by atoms with E-state index in [1.54, 1.807) is 22.8 Å². The Morgan fingerprint density at radius 1 is 1.10 bits per heavy atom. The molecule has 164 valence electrons. The molecule has 1 aliphatic rings. The molecule has 0 spiro atoms. The van der Waals surface area contributed by atoms with Gasteiger partial charge in [0, 0.05) is 50.6 Å². The molecule has 0 unspecified atom stereocenters. The number of anilines is 1. The first-order chi connectivity index (χ1) is 14.2. The van der Waals surface area contributed by atoms with Crippen molar-refractivity contribution >= 4 is 28.7 Å². The van der Waals surface area contributed by atoms with Gasteiger partial charge >= 0.3 is 12.1 Å². The number of methoxy groups -OCH3 is 2. The number of hydrogen-bond acceptors (Lipinski definition) is 7. The van der Waals surface area contributed by atoms with E-state index in [1.807, 2.05) is 33.0 Å². The summed E-state index contributed by atoms with van der Waals surface area (Å²) in [6, 6.07) is 3.66. The lowest BCUT2D eigenvalue weighted by atomic mass is 10.1. The number of amides is 1. The predicted octanol–water partition coefficient (Wildman–Crippen LogP) is 2.53. The fraction of sp³-hybridized carbons (Fsp3) is 0.571. The molecule has 1 aromatic carbocycles. The van der Waals surface area contributed by atoms with E-state index in [0.717, 1.165) is 11.1 Å². The summed E-state index contributed by atoms with van der Waals surface area (Å²) in [7, 11) is 3.00. The van der Waals surface area contributed by atoms with E-state index in [9.17, 15) is 9.59 Å². The Bertz CT molecular complexity index is 910. The standard InChI is InChI=1S/C21H30N4O5/c1-21(2,3)30-20(27)24-10-8-23(9-11-24)17-7-6-15(19(26)29-5)18-16(17)14-25(22-18)12-13-28-4/h6-7,14H,8-13H2,1-5H3. The van der Waals surface area contributed by atoms with Gasteiger partial charge in [-0.05, 0) is 32.9 Å². The maximum absolute atomic E-state index is 12.3. The van der Waals surface area contributed by atoms with E-state index in [0.29, 0.717) is 50.4 Å². The average molecular weight is 418 g/mol. The molecule has 9 nitrogen and oxygen atoms in total. The first-order valence-corrected chi connectivity index (χ1v) is 10.0. The van der Waals surface area contributed by atoms with Crippen molar-refractivity contribution in [3.05, 3.63) is 23.9 Å². The van der Waals surface area contributed by atoms with Crippen LogP contribution < -0.4 is 4.90 Å². The molecule has 3 rings (SSSR count). The zero-order valence-electron chi connectivity index (χ0n) is 18.3. The quantitative estimate of drug-likeness (QED) is 0.690. The number of aromatic nitrogens is 2. The molecule has 0 bridgehead atoms. The summed E-state index contributed by atoms with van der Waals surface area (Å²) in [5, 5.41) is 5.46. The number of rotatable bonds is 5. The first kappa shape index (κ1) is 21.9. The number of esters is 1. The van der Waals surface area contributed by atoms with Crippen LogP contribution in [0.2, 0.25) is 0 Å². The number of hydrogen-bond donors (Lipinski definition) is 0. The first-order valence-electron chi connectivity index (χ1n) is 10.0. The number of carbonyl (C=O) groups is 2. The van der Waals surface area contributed by atoms with Gasteiger partial charge in [0.05, 0.1) is 25.8 Å². The molecule has 0 saturated carbocycles. The van der Waals surface area contributed by atoms with Crippen molar-refractivity contribution in [2.45, 2.75) is 32.9 Å². The van der Waals surface area contributed by atoms with Crippen LogP contribution in [0.25, 0.3) is 10.9 Å². The van der Waals surface area contributed by atoms with Crippen LogP contribution in [0.1, 0.15) is 31.1 Å². The zero-order chi connectivity index (χ0) is 21.9. The van der Waals surface area contributed by atoms with Crippen LogP contribution in [0.3, 0.4) is 0 Å². The highest BCUT2D eigenvalue weighted by atomic mass is 16.6. The molecule has 2 aromatic rings. The van der Waals surface area contributed by atoms with Gasteiger partial charge in [0.2, 0.25) is 0 Å². The van der Waals surface area contributed by atoms with Crippen molar-refractivity contribution < 1.29 is 23.8 Å². The third kappa shape index (κ3) is 4.84. The molecule has 1 saturated heterocycles. The number of ether oxygens (including phenoxy) is 3. The Hall–Kier alpha value is -2.81. The molecule has 30 heavy (non-hydrogen) atoms. The van der Waals surface area contributed by atoms with Gasteiger partial charge in [-0.3, -0.25) is 4.68 Å². The summed E-state index contributed by atoms with van der Waals surface area (Å²) in [6.45, 7) is 9.14. The number of piperazine rings is 1. The number of fused-ring (bicyclic) bond motifs is 1. The van der Waals surface area contributed by atoms with Gasteiger partial charge in [-0.1, -0.05) is 0 Å². The largest absolute Gasteiger partial charge is 0.465 e. The van der Waals surface area contributed by atoms with Crippen LogP contribution in [-0.2, 0) is 20.8 Å². The zero-order valence-corrected chi connectivity index (χ0v) is 18.3. The van der Waals surface area contributed by atoms with E-state index in [4.69, 9.17) is 14.2 Å². The minimum Gasteiger partial charge on any atom is -0.465 e. The normalized spacial score (nSPS) is 14.8. The molecule has 0 aliphatic carbocycles. The molecule has 1 aliphatic heterocycles. The van der Waals surface area contributed by atoms with E-state index in [-0.39, 0.29) is 6.09 Å². The molecular weight excluding hydrogens is 388 g/mol. The summed E-state index contributed by atoms with van der Waals surface area (Å²) >= 11 is 0. The lowest BCUT2D eigenvalue weighted by Gasteiger charge is -2.37.